The van der Waals surface area contributed by atoms with Crippen molar-refractivity contribution in [3.8, 4) is 17.0 Å². The fraction of sp³-hybridized carbons (Fsp3) is 0.167. The van der Waals surface area contributed by atoms with Crippen LogP contribution in [0.25, 0.3) is 22.0 Å². The second kappa shape index (κ2) is 5.38. The lowest BCUT2D eigenvalue weighted by molar-refractivity contribution is 0.465. The largest absolute Gasteiger partial charge is 0.508 e. The van der Waals surface area contributed by atoms with E-state index in [1.54, 1.807) is 6.07 Å². The number of aromatic hydroxyl groups is 1. The third-order valence-electron chi connectivity index (χ3n) is 3.61. The number of phenolic OH excluding ortho intramolecular Hbond substituents is 1. The van der Waals surface area contributed by atoms with Crippen molar-refractivity contribution in [2.24, 2.45) is 0 Å². The smallest absolute Gasteiger partial charge is 0.121 e. The quantitative estimate of drug-likeness (QED) is 0.688. The molecule has 0 saturated heterocycles. The molecule has 3 aromatic rings. The van der Waals surface area contributed by atoms with Crippen molar-refractivity contribution in [2.75, 3.05) is 0 Å². The zero-order valence-electron chi connectivity index (χ0n) is 12.0. The minimum atomic E-state index is 0.177. The van der Waals surface area contributed by atoms with Gasteiger partial charge in [-0.15, -0.1) is 0 Å². The van der Waals surface area contributed by atoms with Crippen molar-refractivity contribution in [1.82, 2.24) is 4.98 Å². The Hall–Kier alpha value is -2.06. The molecule has 21 heavy (non-hydrogen) atoms. The Morgan fingerprint density at radius 1 is 1.05 bits per heavy atom. The average Bonchev–Trinajstić information content (AvgIpc) is 2.45. The lowest BCUT2D eigenvalue weighted by atomic mass is 9.98. The molecule has 0 fully saturated rings. The fourth-order valence-corrected chi connectivity index (χ4v) is 3.00. The molecule has 0 aliphatic heterocycles. The number of rotatable bonds is 2. The molecular weight excluding hydrogens is 282 g/mol. The number of pyridine rings is 1. The topological polar surface area (TPSA) is 33.1 Å². The molecule has 0 spiro atoms. The third-order valence-corrected chi connectivity index (χ3v) is 3.92. The van der Waals surface area contributed by atoms with Gasteiger partial charge < -0.3 is 5.11 Å². The Labute approximate surface area is 129 Å². The molecule has 0 atom stereocenters. The first kappa shape index (κ1) is 13.9. The molecule has 0 aliphatic rings. The van der Waals surface area contributed by atoms with Crippen LogP contribution in [0.1, 0.15) is 25.3 Å². The molecule has 0 radical (unpaired) electrons. The molecule has 0 saturated carbocycles. The van der Waals surface area contributed by atoms with E-state index in [1.165, 1.54) is 0 Å². The Kier molecular flexibility index (Phi) is 3.56. The Morgan fingerprint density at radius 3 is 2.43 bits per heavy atom. The number of fused-ring (bicyclic) bond motifs is 1. The van der Waals surface area contributed by atoms with E-state index in [-0.39, 0.29) is 11.7 Å². The maximum absolute atomic E-state index is 10.2. The van der Waals surface area contributed by atoms with Crippen LogP contribution >= 0.6 is 11.6 Å². The van der Waals surface area contributed by atoms with Gasteiger partial charge in [-0.2, -0.15) is 0 Å². The van der Waals surface area contributed by atoms with Gasteiger partial charge in [-0.05, 0) is 29.5 Å². The summed E-state index contributed by atoms with van der Waals surface area (Å²) in [6.07, 6.45) is 1.84. The number of aromatic nitrogens is 1. The first-order valence-corrected chi connectivity index (χ1v) is 7.31. The summed E-state index contributed by atoms with van der Waals surface area (Å²) in [5.74, 6) is 0.401. The van der Waals surface area contributed by atoms with Crippen molar-refractivity contribution in [1.29, 1.82) is 0 Å². The van der Waals surface area contributed by atoms with Crippen LogP contribution in [0.2, 0.25) is 5.02 Å². The predicted octanol–water partition coefficient (Wildman–Crippen LogP) is 5.38. The molecule has 2 aromatic carbocycles. The van der Waals surface area contributed by atoms with Gasteiger partial charge in [0, 0.05) is 27.7 Å². The van der Waals surface area contributed by atoms with Crippen molar-refractivity contribution in [2.45, 2.75) is 19.8 Å². The maximum Gasteiger partial charge on any atom is 0.121 e. The molecule has 0 amide bonds. The predicted molar refractivity (Wildman–Crippen MR) is 87.9 cm³/mol. The lowest BCUT2D eigenvalue weighted by Gasteiger charge is -2.13. The van der Waals surface area contributed by atoms with Crippen molar-refractivity contribution < 1.29 is 5.11 Å². The molecule has 2 nitrogen and oxygen atoms in total. The fourth-order valence-electron chi connectivity index (χ4n) is 2.56. The highest BCUT2D eigenvalue weighted by atomic mass is 35.5. The molecule has 1 heterocycles. The number of phenols is 1. The van der Waals surface area contributed by atoms with E-state index in [1.807, 2.05) is 56.4 Å². The molecule has 3 heteroatoms. The van der Waals surface area contributed by atoms with Crippen LogP contribution in [0.15, 0.2) is 48.7 Å². The van der Waals surface area contributed by atoms with Crippen LogP contribution in [0.5, 0.6) is 5.75 Å². The van der Waals surface area contributed by atoms with Crippen molar-refractivity contribution in [3.63, 3.8) is 0 Å². The van der Waals surface area contributed by atoms with Gasteiger partial charge in [0.15, 0.2) is 0 Å². The molecule has 0 bridgehead atoms. The van der Waals surface area contributed by atoms with Crippen LogP contribution < -0.4 is 0 Å². The van der Waals surface area contributed by atoms with Crippen molar-refractivity contribution >= 4 is 22.4 Å². The van der Waals surface area contributed by atoms with E-state index in [4.69, 9.17) is 11.6 Å². The molecular formula is C18H16ClNO. The highest BCUT2D eigenvalue weighted by molar-refractivity contribution is 6.32. The van der Waals surface area contributed by atoms with E-state index in [2.05, 4.69) is 4.98 Å². The van der Waals surface area contributed by atoms with Gasteiger partial charge in [-0.1, -0.05) is 49.7 Å². The van der Waals surface area contributed by atoms with Gasteiger partial charge in [-0.25, -0.2) is 0 Å². The Bertz CT molecular complexity index is 788. The van der Waals surface area contributed by atoms with Gasteiger partial charge in [0.2, 0.25) is 0 Å². The summed E-state index contributed by atoms with van der Waals surface area (Å²) in [5, 5.41) is 13.0. The van der Waals surface area contributed by atoms with Crippen molar-refractivity contribution in [3.05, 3.63) is 59.2 Å². The number of hydrogen-bond donors (Lipinski definition) is 1. The van der Waals surface area contributed by atoms with Gasteiger partial charge in [-0.3, -0.25) is 4.98 Å². The highest BCUT2D eigenvalue weighted by Gasteiger charge is 2.13. The number of benzene rings is 2. The zero-order valence-corrected chi connectivity index (χ0v) is 12.7. The van der Waals surface area contributed by atoms with Crippen LogP contribution in [0.4, 0.5) is 0 Å². The monoisotopic (exact) mass is 297 g/mol. The summed E-state index contributed by atoms with van der Waals surface area (Å²) in [6.45, 7) is 4.02. The maximum atomic E-state index is 10.2. The number of nitrogens with zero attached hydrogens (tertiary/aromatic N) is 1. The Morgan fingerprint density at radius 2 is 1.76 bits per heavy atom. The summed E-state index contributed by atoms with van der Waals surface area (Å²) >= 11 is 6.31. The van der Waals surface area contributed by atoms with Gasteiger partial charge in [0.05, 0.1) is 5.69 Å². The van der Waals surface area contributed by atoms with Crippen LogP contribution in [-0.4, -0.2) is 10.1 Å². The van der Waals surface area contributed by atoms with E-state index in [0.29, 0.717) is 5.02 Å². The van der Waals surface area contributed by atoms with E-state index in [0.717, 1.165) is 27.6 Å². The molecule has 106 valence electrons. The normalized spacial score (nSPS) is 11.2. The van der Waals surface area contributed by atoms with Gasteiger partial charge in [0.25, 0.3) is 0 Å². The van der Waals surface area contributed by atoms with E-state index < -0.39 is 0 Å². The molecule has 0 aliphatic carbocycles. The molecule has 1 aromatic heterocycles. The highest BCUT2D eigenvalue weighted by Crippen LogP contribution is 2.36. The van der Waals surface area contributed by atoms with Crippen LogP contribution in [0, 0.1) is 0 Å². The summed E-state index contributed by atoms with van der Waals surface area (Å²) < 4.78 is 0. The third kappa shape index (κ3) is 2.59. The first-order chi connectivity index (χ1) is 10.1. The summed E-state index contributed by atoms with van der Waals surface area (Å²) in [6, 6.07) is 13.7. The second-order valence-corrected chi connectivity index (χ2v) is 5.87. The number of hydrogen-bond acceptors (Lipinski definition) is 2. The minimum absolute atomic E-state index is 0.177. The van der Waals surface area contributed by atoms with E-state index in [9.17, 15) is 5.11 Å². The second-order valence-electron chi connectivity index (χ2n) is 5.46. The first-order valence-electron chi connectivity index (χ1n) is 6.94. The summed E-state index contributed by atoms with van der Waals surface area (Å²) in [7, 11) is 0. The van der Waals surface area contributed by atoms with E-state index >= 15 is 0 Å². The molecule has 3 rings (SSSR count). The summed E-state index contributed by atoms with van der Waals surface area (Å²) in [5.41, 5.74) is 2.41. The van der Waals surface area contributed by atoms with Crippen LogP contribution in [-0.2, 0) is 0 Å². The lowest BCUT2D eigenvalue weighted by Crippen LogP contribution is -1.92. The minimum Gasteiger partial charge on any atom is -0.508 e. The molecule has 0 unspecified atom stereocenters. The SMILES string of the molecule is CC(C)c1c(O)cc(-c2cc3ccccc3cn2)cc1Cl. The standard InChI is InChI=1S/C18H16ClNO/c1-11(2)18-15(19)7-14(9-17(18)21)16-8-12-5-3-4-6-13(12)10-20-16/h3-11,21H,1-2H3. The zero-order chi connectivity index (χ0) is 15.0. The molecule has 1 N–H and O–H groups in total. The summed E-state index contributed by atoms with van der Waals surface area (Å²) in [4.78, 5) is 4.46. The number of halogens is 1. The van der Waals surface area contributed by atoms with Crippen LogP contribution in [0.3, 0.4) is 0 Å². The Balaban J connectivity index is 2.14. The van der Waals surface area contributed by atoms with Gasteiger partial charge >= 0.3 is 0 Å². The van der Waals surface area contributed by atoms with Gasteiger partial charge in [0.1, 0.15) is 5.75 Å². The average molecular weight is 298 g/mol.